The van der Waals surface area contributed by atoms with Crippen LogP contribution in [0.3, 0.4) is 0 Å². The topological polar surface area (TPSA) is 66.3 Å². The van der Waals surface area contributed by atoms with Crippen LogP contribution >= 0.6 is 0 Å². The molecule has 2 amide bonds. The molecule has 30 heavy (non-hydrogen) atoms. The van der Waals surface area contributed by atoms with Crippen LogP contribution in [-0.4, -0.2) is 16.8 Å². The van der Waals surface area contributed by atoms with Gasteiger partial charge in [0.2, 0.25) is 0 Å². The number of aryl methyl sites for hydroxylation is 1. The Kier molecular flexibility index (Phi) is 3.30. The van der Waals surface area contributed by atoms with Crippen LogP contribution < -0.4 is 5.32 Å². The zero-order chi connectivity index (χ0) is 20.4. The molecule has 6 rings (SSSR count). The van der Waals surface area contributed by atoms with Gasteiger partial charge < -0.3 is 4.98 Å². The summed E-state index contributed by atoms with van der Waals surface area (Å²) in [5.74, 6) is -0.657. The third-order valence-electron chi connectivity index (χ3n) is 6.13. The van der Waals surface area contributed by atoms with Crippen LogP contribution in [0.1, 0.15) is 37.4 Å². The molecular formula is C25H15N3O2. The molecule has 2 N–H and O–H groups in total. The van der Waals surface area contributed by atoms with Crippen molar-refractivity contribution in [2.24, 2.45) is 0 Å². The summed E-state index contributed by atoms with van der Waals surface area (Å²) in [6, 6.07) is 14.1. The van der Waals surface area contributed by atoms with Gasteiger partial charge in [-0.25, -0.2) is 4.85 Å². The van der Waals surface area contributed by atoms with Crippen LogP contribution in [0.25, 0.3) is 43.9 Å². The number of benzene rings is 3. The number of nitrogens with one attached hydrogen (secondary N) is 2. The van der Waals surface area contributed by atoms with Gasteiger partial charge >= 0.3 is 0 Å². The highest BCUT2D eigenvalue weighted by Crippen LogP contribution is 2.45. The summed E-state index contributed by atoms with van der Waals surface area (Å²) in [7, 11) is 0. The van der Waals surface area contributed by atoms with E-state index in [0.717, 1.165) is 56.9 Å². The highest BCUT2D eigenvalue weighted by atomic mass is 16.2. The number of hydrogen-bond donors (Lipinski definition) is 2. The molecule has 4 aromatic rings. The van der Waals surface area contributed by atoms with Gasteiger partial charge in [-0.15, -0.1) is 0 Å². The Hall–Kier alpha value is -4.17. The van der Waals surface area contributed by atoms with Crippen molar-refractivity contribution in [2.45, 2.75) is 12.8 Å². The first-order valence-electron chi connectivity index (χ1n) is 9.78. The minimum atomic E-state index is -0.343. The van der Waals surface area contributed by atoms with Crippen molar-refractivity contribution >= 4 is 39.7 Å². The molecule has 0 unspecified atom stereocenters. The molecule has 0 radical (unpaired) electrons. The van der Waals surface area contributed by atoms with Gasteiger partial charge in [0, 0.05) is 21.9 Å². The van der Waals surface area contributed by atoms with Gasteiger partial charge in [0.15, 0.2) is 6.20 Å². The molecule has 2 heterocycles. The monoisotopic (exact) mass is 389 g/mol. The van der Waals surface area contributed by atoms with Gasteiger partial charge in [-0.05, 0) is 47.2 Å². The van der Waals surface area contributed by atoms with Crippen LogP contribution in [0.4, 0.5) is 0 Å². The summed E-state index contributed by atoms with van der Waals surface area (Å²) in [6.07, 6.45) is 4.72. The van der Waals surface area contributed by atoms with E-state index in [1.807, 2.05) is 30.3 Å². The average Bonchev–Trinajstić information content (AvgIpc) is 3.28. The lowest BCUT2D eigenvalue weighted by Crippen LogP contribution is -2.20. The maximum atomic E-state index is 12.8. The molecular weight excluding hydrogens is 374 g/mol. The molecule has 1 aliphatic heterocycles. The second kappa shape index (κ2) is 5.91. The van der Waals surface area contributed by atoms with Crippen LogP contribution in [0.15, 0.2) is 48.7 Å². The second-order valence-corrected chi connectivity index (χ2v) is 7.67. The molecule has 0 bridgehead atoms. The summed E-state index contributed by atoms with van der Waals surface area (Å²) in [5, 5.41) is 4.16. The molecule has 0 saturated carbocycles. The Balaban J connectivity index is 1.82. The zero-order valence-electron chi connectivity index (χ0n) is 15.9. The highest BCUT2D eigenvalue weighted by Gasteiger charge is 2.37. The second-order valence-electron chi connectivity index (χ2n) is 7.67. The van der Waals surface area contributed by atoms with Crippen molar-refractivity contribution in [3.63, 3.8) is 0 Å². The van der Waals surface area contributed by atoms with E-state index in [1.165, 1.54) is 11.8 Å². The average molecular weight is 389 g/mol. The Morgan fingerprint density at radius 3 is 2.67 bits per heavy atom. The lowest BCUT2D eigenvalue weighted by molar-refractivity contribution is 0.0880. The smallest absolute Gasteiger partial charge is 0.259 e. The van der Waals surface area contributed by atoms with E-state index >= 15 is 0 Å². The van der Waals surface area contributed by atoms with Gasteiger partial charge in [0.05, 0.1) is 23.2 Å². The molecule has 5 nitrogen and oxygen atoms in total. The first-order chi connectivity index (χ1) is 14.7. The van der Waals surface area contributed by atoms with Crippen molar-refractivity contribution < 1.29 is 9.59 Å². The normalized spacial score (nSPS) is 14.6. The third kappa shape index (κ3) is 2.10. The molecule has 2 aliphatic rings. The molecule has 142 valence electrons. The van der Waals surface area contributed by atoms with Gasteiger partial charge in [-0.1, -0.05) is 36.4 Å². The largest absolute Gasteiger partial charge is 0.354 e. The molecule has 3 aromatic carbocycles. The van der Waals surface area contributed by atoms with Gasteiger partial charge in [0.1, 0.15) is 0 Å². The molecule has 1 aliphatic carbocycles. The summed E-state index contributed by atoms with van der Waals surface area (Å²) in [4.78, 5) is 32.4. The number of hydrogen-bond acceptors (Lipinski definition) is 2. The summed E-state index contributed by atoms with van der Waals surface area (Å²) in [5.41, 5.74) is 7.96. The predicted molar refractivity (Wildman–Crippen MR) is 116 cm³/mol. The minimum Gasteiger partial charge on any atom is -0.354 e. The molecule has 0 fully saturated rings. The van der Waals surface area contributed by atoms with Crippen molar-refractivity contribution in [1.29, 1.82) is 0 Å². The molecule has 0 atom stereocenters. The minimum absolute atomic E-state index is 0.314. The number of carbonyl (C=O) groups excluding carboxylic acids is 2. The number of rotatable bonds is 1. The number of carbonyl (C=O) groups is 2. The van der Waals surface area contributed by atoms with Gasteiger partial charge in [0.25, 0.3) is 11.8 Å². The number of H-pyrrole nitrogens is 1. The van der Waals surface area contributed by atoms with Crippen LogP contribution in [-0.2, 0) is 12.8 Å². The standard InChI is InChI=1S/C25H15N3O2/c1-26-11-10-13-6-9-18-17(12-13)20-22-21(24(29)28-25(22)30)16-8-7-14-4-2-3-5-15(14)19(16)23(20)27-18/h2-6,9-12,27H,7-8H2,(H,28,29,30). The number of fused-ring (bicyclic) bond motifs is 10. The number of aromatic nitrogens is 1. The van der Waals surface area contributed by atoms with Crippen molar-refractivity contribution in [1.82, 2.24) is 10.3 Å². The molecule has 0 spiro atoms. The first kappa shape index (κ1) is 16.8. The highest BCUT2D eigenvalue weighted by molar-refractivity contribution is 6.32. The molecule has 5 heteroatoms. The van der Waals surface area contributed by atoms with Gasteiger partial charge in [-0.3, -0.25) is 14.9 Å². The zero-order valence-corrected chi connectivity index (χ0v) is 15.9. The fourth-order valence-electron chi connectivity index (χ4n) is 4.93. The Bertz CT molecular complexity index is 1520. The summed E-state index contributed by atoms with van der Waals surface area (Å²) in [6.45, 7) is 6.98. The Morgan fingerprint density at radius 1 is 0.967 bits per heavy atom. The predicted octanol–water partition coefficient (Wildman–Crippen LogP) is 4.86. The first-order valence-corrected chi connectivity index (χ1v) is 9.78. The van der Waals surface area contributed by atoms with Crippen molar-refractivity contribution in [3.05, 3.63) is 87.9 Å². The molecule has 0 saturated heterocycles. The van der Waals surface area contributed by atoms with E-state index in [-0.39, 0.29) is 11.8 Å². The van der Waals surface area contributed by atoms with E-state index in [0.29, 0.717) is 11.1 Å². The maximum absolute atomic E-state index is 12.8. The van der Waals surface area contributed by atoms with E-state index in [2.05, 4.69) is 27.3 Å². The number of aromatic amines is 1. The third-order valence-corrected chi connectivity index (χ3v) is 6.13. The van der Waals surface area contributed by atoms with E-state index in [9.17, 15) is 9.59 Å². The molecule has 1 aromatic heterocycles. The van der Waals surface area contributed by atoms with Crippen LogP contribution in [0, 0.1) is 6.57 Å². The Morgan fingerprint density at radius 2 is 1.80 bits per heavy atom. The lowest BCUT2D eigenvalue weighted by Gasteiger charge is -2.22. The summed E-state index contributed by atoms with van der Waals surface area (Å²) >= 11 is 0. The van der Waals surface area contributed by atoms with E-state index < -0.39 is 0 Å². The maximum Gasteiger partial charge on any atom is 0.259 e. The fourth-order valence-corrected chi connectivity index (χ4v) is 4.93. The van der Waals surface area contributed by atoms with E-state index in [4.69, 9.17) is 6.57 Å². The number of imide groups is 1. The quantitative estimate of drug-likeness (QED) is 0.361. The van der Waals surface area contributed by atoms with Gasteiger partial charge in [-0.2, -0.15) is 0 Å². The lowest BCUT2D eigenvalue weighted by atomic mass is 9.80. The number of amides is 2. The van der Waals surface area contributed by atoms with Crippen LogP contribution in [0.2, 0.25) is 0 Å². The Labute approximate surface area is 171 Å². The van der Waals surface area contributed by atoms with E-state index in [1.54, 1.807) is 6.08 Å². The number of nitrogens with zero attached hydrogens (tertiary/aromatic N) is 1. The fraction of sp³-hybridized carbons (Fsp3) is 0.0800. The van der Waals surface area contributed by atoms with Crippen molar-refractivity contribution in [3.8, 4) is 11.1 Å². The van der Waals surface area contributed by atoms with Crippen molar-refractivity contribution in [2.75, 3.05) is 0 Å². The summed E-state index contributed by atoms with van der Waals surface area (Å²) < 4.78 is 0. The SMILES string of the molecule is [C-]#[N+]C=Cc1ccc2[nH]c3c4c(c5c(c3c2c1)C(=O)NC5=O)CCc1ccccc1-4. The van der Waals surface area contributed by atoms with Crippen LogP contribution in [0.5, 0.6) is 0 Å².